The molecule has 5 rings (SSSR count). The van der Waals surface area contributed by atoms with Gasteiger partial charge in [-0.05, 0) is 54.0 Å². The molecular formula is C26H24O. The quantitative estimate of drug-likeness (QED) is 0.664. The molecule has 1 heteroatoms. The van der Waals surface area contributed by atoms with Crippen LogP contribution in [0.25, 0.3) is 6.08 Å². The number of aliphatic hydroxyl groups is 1. The van der Waals surface area contributed by atoms with Crippen LogP contribution in [-0.2, 0) is 19.3 Å². The first-order chi connectivity index (χ1) is 13.2. The van der Waals surface area contributed by atoms with Crippen molar-refractivity contribution < 1.29 is 5.11 Å². The van der Waals surface area contributed by atoms with E-state index in [-0.39, 0.29) is 5.41 Å². The van der Waals surface area contributed by atoms with Crippen molar-refractivity contribution in [1.82, 2.24) is 0 Å². The van der Waals surface area contributed by atoms with Crippen LogP contribution in [0.3, 0.4) is 0 Å². The first-order valence-electron chi connectivity index (χ1n) is 9.76. The van der Waals surface area contributed by atoms with Crippen LogP contribution in [-0.4, -0.2) is 5.11 Å². The minimum absolute atomic E-state index is 0.266. The standard InChI is InChI=1S/C26H24O/c1-18-10-12-19(13-11-18)16-26(17-22-8-4-5-9-24(22)25(26)27)23-14-20-6-2-3-7-21(20)15-23/h2-14,25,27H,15-17H2,1H3. The van der Waals surface area contributed by atoms with Gasteiger partial charge in [-0.25, -0.2) is 0 Å². The number of hydrogen-bond donors (Lipinski definition) is 1. The zero-order valence-electron chi connectivity index (χ0n) is 15.7. The molecule has 0 spiro atoms. The van der Waals surface area contributed by atoms with E-state index < -0.39 is 6.10 Å². The van der Waals surface area contributed by atoms with E-state index in [4.69, 9.17) is 0 Å². The van der Waals surface area contributed by atoms with E-state index in [1.807, 2.05) is 6.07 Å². The van der Waals surface area contributed by atoms with Gasteiger partial charge in [0.15, 0.2) is 0 Å². The number of benzene rings is 3. The zero-order chi connectivity index (χ0) is 18.4. The van der Waals surface area contributed by atoms with Crippen molar-refractivity contribution in [2.45, 2.75) is 32.3 Å². The summed E-state index contributed by atoms with van der Waals surface area (Å²) in [6.07, 6.45) is 4.57. The van der Waals surface area contributed by atoms with E-state index in [0.29, 0.717) is 0 Å². The highest BCUT2D eigenvalue weighted by Crippen LogP contribution is 2.54. The summed E-state index contributed by atoms with van der Waals surface area (Å²) in [4.78, 5) is 0. The Kier molecular flexibility index (Phi) is 3.80. The molecule has 0 amide bonds. The third-order valence-corrected chi connectivity index (χ3v) is 6.42. The van der Waals surface area contributed by atoms with Gasteiger partial charge in [0.2, 0.25) is 0 Å². The molecule has 2 aliphatic carbocycles. The van der Waals surface area contributed by atoms with Gasteiger partial charge in [0.25, 0.3) is 0 Å². The third kappa shape index (κ3) is 2.65. The lowest BCUT2D eigenvalue weighted by Crippen LogP contribution is -2.31. The van der Waals surface area contributed by atoms with E-state index in [1.54, 1.807) is 0 Å². The molecule has 2 aliphatic rings. The maximum atomic E-state index is 11.5. The molecule has 0 aliphatic heterocycles. The number of aryl methyl sites for hydroxylation is 1. The average Bonchev–Trinajstić information content (AvgIpc) is 3.24. The van der Waals surface area contributed by atoms with Crippen LogP contribution in [0.2, 0.25) is 0 Å². The van der Waals surface area contributed by atoms with Crippen LogP contribution >= 0.6 is 0 Å². The second-order valence-corrected chi connectivity index (χ2v) is 8.14. The molecule has 0 saturated heterocycles. The van der Waals surface area contributed by atoms with E-state index >= 15 is 0 Å². The molecule has 2 unspecified atom stereocenters. The number of fused-ring (bicyclic) bond motifs is 2. The molecule has 134 valence electrons. The largest absolute Gasteiger partial charge is 0.387 e. The second kappa shape index (κ2) is 6.21. The number of rotatable bonds is 3. The Labute approximate surface area is 161 Å². The fraction of sp³-hybridized carbons (Fsp3) is 0.231. The Morgan fingerprint density at radius 3 is 2.33 bits per heavy atom. The predicted octanol–water partition coefficient (Wildman–Crippen LogP) is 5.45. The van der Waals surface area contributed by atoms with Crippen LogP contribution < -0.4 is 0 Å². The summed E-state index contributed by atoms with van der Waals surface area (Å²) in [5.41, 5.74) is 8.74. The fourth-order valence-corrected chi connectivity index (χ4v) is 4.93. The topological polar surface area (TPSA) is 20.2 Å². The van der Waals surface area contributed by atoms with Crippen molar-refractivity contribution in [3.8, 4) is 0 Å². The van der Waals surface area contributed by atoms with Crippen molar-refractivity contribution in [3.05, 3.63) is 112 Å². The highest BCUT2D eigenvalue weighted by atomic mass is 16.3. The fourth-order valence-electron chi connectivity index (χ4n) is 4.93. The lowest BCUT2D eigenvalue weighted by atomic mass is 9.70. The van der Waals surface area contributed by atoms with E-state index in [9.17, 15) is 5.11 Å². The minimum Gasteiger partial charge on any atom is -0.387 e. The highest BCUT2D eigenvalue weighted by Gasteiger charge is 2.48. The van der Waals surface area contributed by atoms with Crippen molar-refractivity contribution in [2.24, 2.45) is 5.41 Å². The van der Waals surface area contributed by atoms with Gasteiger partial charge in [0.05, 0.1) is 6.10 Å². The molecule has 0 heterocycles. The monoisotopic (exact) mass is 352 g/mol. The molecule has 1 nitrogen and oxygen atoms in total. The lowest BCUT2D eigenvalue weighted by molar-refractivity contribution is 0.0651. The molecule has 3 aromatic rings. The summed E-state index contributed by atoms with van der Waals surface area (Å²) in [6, 6.07) is 25.8. The van der Waals surface area contributed by atoms with E-state index in [2.05, 4.69) is 79.7 Å². The van der Waals surface area contributed by atoms with Gasteiger partial charge in [-0.1, -0.05) is 90.0 Å². The highest BCUT2D eigenvalue weighted by molar-refractivity contribution is 5.66. The summed E-state index contributed by atoms with van der Waals surface area (Å²) in [5.74, 6) is 0. The first-order valence-corrected chi connectivity index (χ1v) is 9.76. The maximum absolute atomic E-state index is 11.5. The van der Waals surface area contributed by atoms with Gasteiger partial charge in [-0.15, -0.1) is 0 Å². The first kappa shape index (κ1) is 16.5. The molecule has 3 aromatic carbocycles. The van der Waals surface area contributed by atoms with Crippen molar-refractivity contribution in [1.29, 1.82) is 0 Å². The Hall–Kier alpha value is -2.64. The zero-order valence-corrected chi connectivity index (χ0v) is 15.7. The maximum Gasteiger partial charge on any atom is 0.0892 e. The van der Waals surface area contributed by atoms with Gasteiger partial charge in [0.1, 0.15) is 0 Å². The Bertz CT molecular complexity index is 1030. The number of hydrogen-bond acceptors (Lipinski definition) is 1. The molecule has 1 N–H and O–H groups in total. The summed E-state index contributed by atoms with van der Waals surface area (Å²) < 4.78 is 0. The SMILES string of the molecule is Cc1ccc(CC2(C3=Cc4ccccc4C3)Cc3ccccc3C2O)cc1. The average molecular weight is 352 g/mol. The van der Waals surface area contributed by atoms with Gasteiger partial charge < -0.3 is 5.11 Å². The van der Waals surface area contributed by atoms with Gasteiger partial charge in [-0.2, -0.15) is 0 Å². The summed E-state index contributed by atoms with van der Waals surface area (Å²) in [5, 5.41) is 11.5. The molecule has 0 radical (unpaired) electrons. The molecule has 0 bridgehead atoms. The van der Waals surface area contributed by atoms with Crippen LogP contribution in [0.5, 0.6) is 0 Å². The van der Waals surface area contributed by atoms with Crippen molar-refractivity contribution >= 4 is 6.08 Å². The summed E-state index contributed by atoms with van der Waals surface area (Å²) in [7, 11) is 0. The third-order valence-electron chi connectivity index (χ3n) is 6.42. The second-order valence-electron chi connectivity index (χ2n) is 8.14. The summed E-state index contributed by atoms with van der Waals surface area (Å²) in [6.45, 7) is 2.12. The molecule has 0 fully saturated rings. The Morgan fingerprint density at radius 2 is 1.59 bits per heavy atom. The van der Waals surface area contributed by atoms with Crippen LogP contribution in [0.15, 0.2) is 78.4 Å². The molecule has 0 aromatic heterocycles. The normalized spacial score (nSPS) is 23.0. The van der Waals surface area contributed by atoms with Crippen LogP contribution in [0.1, 0.15) is 39.5 Å². The van der Waals surface area contributed by atoms with Gasteiger partial charge in [0, 0.05) is 5.41 Å². The van der Waals surface area contributed by atoms with Crippen molar-refractivity contribution in [3.63, 3.8) is 0 Å². The smallest absolute Gasteiger partial charge is 0.0892 e. The molecule has 27 heavy (non-hydrogen) atoms. The van der Waals surface area contributed by atoms with E-state index in [0.717, 1.165) is 24.8 Å². The molecular weight excluding hydrogens is 328 g/mol. The number of aliphatic hydroxyl groups excluding tert-OH is 1. The molecule has 2 atom stereocenters. The lowest BCUT2D eigenvalue weighted by Gasteiger charge is -2.35. The minimum atomic E-state index is -0.462. The van der Waals surface area contributed by atoms with Crippen LogP contribution in [0.4, 0.5) is 0 Å². The Morgan fingerprint density at radius 1 is 0.889 bits per heavy atom. The van der Waals surface area contributed by atoms with Crippen molar-refractivity contribution in [2.75, 3.05) is 0 Å². The molecule has 0 saturated carbocycles. The predicted molar refractivity (Wildman–Crippen MR) is 111 cm³/mol. The van der Waals surface area contributed by atoms with Gasteiger partial charge in [-0.3, -0.25) is 0 Å². The summed E-state index contributed by atoms with van der Waals surface area (Å²) >= 11 is 0. The van der Waals surface area contributed by atoms with Crippen LogP contribution in [0, 0.1) is 12.3 Å². The Balaban J connectivity index is 1.60. The van der Waals surface area contributed by atoms with Gasteiger partial charge >= 0.3 is 0 Å². The van der Waals surface area contributed by atoms with E-state index in [1.165, 1.54) is 33.4 Å².